The number of aryl methyl sites for hydroxylation is 2. The second kappa shape index (κ2) is 7.93. The molecule has 2 N–H and O–H groups in total. The minimum absolute atomic E-state index is 0.106. The number of para-hydroxylation sites is 2. The molecule has 6 nitrogen and oxygen atoms in total. The normalized spacial score (nSPS) is 11.4. The molecule has 0 saturated carbocycles. The summed E-state index contributed by atoms with van der Waals surface area (Å²) in [5.41, 5.74) is 3.37. The van der Waals surface area contributed by atoms with E-state index in [1.54, 1.807) is 43.3 Å². The van der Waals surface area contributed by atoms with Gasteiger partial charge in [-0.3, -0.25) is 4.72 Å². The molecule has 0 bridgehead atoms. The van der Waals surface area contributed by atoms with E-state index < -0.39 is 10.0 Å². The van der Waals surface area contributed by atoms with Gasteiger partial charge in [0, 0.05) is 10.7 Å². The van der Waals surface area contributed by atoms with Crippen LogP contribution in [-0.4, -0.2) is 18.4 Å². The van der Waals surface area contributed by atoms with Crippen molar-refractivity contribution in [2.24, 2.45) is 0 Å². The third-order valence-corrected chi connectivity index (χ3v) is 6.24. The van der Waals surface area contributed by atoms with Crippen molar-refractivity contribution in [3.63, 3.8) is 0 Å². The fourth-order valence-electron chi connectivity index (χ4n) is 3.04. The molecule has 30 heavy (non-hydrogen) atoms. The Hall–Kier alpha value is -3.16. The van der Waals surface area contributed by atoms with Crippen LogP contribution in [0.5, 0.6) is 0 Å². The Labute approximate surface area is 180 Å². The maximum Gasteiger partial charge on any atom is 0.263 e. The molecule has 8 heteroatoms. The molecule has 1 heterocycles. The van der Waals surface area contributed by atoms with Crippen molar-refractivity contribution in [2.45, 2.75) is 18.7 Å². The number of hydrogen-bond acceptors (Lipinski definition) is 5. The molecule has 0 unspecified atom stereocenters. The van der Waals surface area contributed by atoms with Gasteiger partial charge in [0.15, 0.2) is 11.6 Å². The van der Waals surface area contributed by atoms with E-state index in [9.17, 15) is 8.42 Å². The monoisotopic (exact) mass is 438 g/mol. The fraction of sp³-hybridized carbons (Fsp3) is 0.0909. The molecule has 0 aliphatic heterocycles. The molecule has 152 valence electrons. The van der Waals surface area contributed by atoms with Crippen LogP contribution in [0.25, 0.3) is 11.0 Å². The summed E-state index contributed by atoms with van der Waals surface area (Å²) in [6.45, 7) is 3.60. The number of nitrogens with zero attached hydrogens (tertiary/aromatic N) is 2. The third-order valence-electron chi connectivity index (χ3n) is 4.52. The van der Waals surface area contributed by atoms with Crippen LogP contribution in [-0.2, 0) is 10.0 Å². The molecule has 1 aromatic heterocycles. The van der Waals surface area contributed by atoms with E-state index >= 15 is 0 Å². The van der Waals surface area contributed by atoms with Crippen LogP contribution in [0.1, 0.15) is 11.1 Å². The Morgan fingerprint density at radius 1 is 0.833 bits per heavy atom. The zero-order valence-corrected chi connectivity index (χ0v) is 17.9. The Bertz CT molecular complexity index is 1360. The van der Waals surface area contributed by atoms with Gasteiger partial charge >= 0.3 is 0 Å². The van der Waals surface area contributed by atoms with Crippen molar-refractivity contribution in [1.29, 1.82) is 0 Å². The number of aromatic nitrogens is 2. The van der Waals surface area contributed by atoms with Crippen molar-refractivity contribution >= 4 is 50.0 Å². The number of sulfonamides is 1. The molecule has 0 radical (unpaired) electrons. The molecule has 0 saturated heterocycles. The van der Waals surface area contributed by atoms with Crippen molar-refractivity contribution in [3.05, 3.63) is 82.9 Å². The highest BCUT2D eigenvalue weighted by Crippen LogP contribution is 2.28. The van der Waals surface area contributed by atoms with E-state index in [0.29, 0.717) is 27.3 Å². The third kappa shape index (κ3) is 4.22. The number of anilines is 3. The first-order valence-corrected chi connectivity index (χ1v) is 11.1. The topological polar surface area (TPSA) is 84.0 Å². The zero-order chi connectivity index (χ0) is 21.3. The van der Waals surface area contributed by atoms with Gasteiger partial charge in [-0.25, -0.2) is 18.4 Å². The number of hydrogen-bond donors (Lipinski definition) is 2. The minimum atomic E-state index is -3.88. The Morgan fingerprint density at radius 2 is 1.53 bits per heavy atom. The maximum atomic E-state index is 13.1. The van der Waals surface area contributed by atoms with Gasteiger partial charge in [-0.05, 0) is 61.4 Å². The van der Waals surface area contributed by atoms with Gasteiger partial charge in [0.05, 0.1) is 15.9 Å². The van der Waals surface area contributed by atoms with E-state index in [1.807, 2.05) is 37.3 Å². The van der Waals surface area contributed by atoms with Crippen LogP contribution >= 0.6 is 11.6 Å². The summed E-state index contributed by atoms with van der Waals surface area (Å²) in [4.78, 5) is 9.28. The lowest BCUT2D eigenvalue weighted by atomic mass is 10.2. The van der Waals surface area contributed by atoms with E-state index in [-0.39, 0.29) is 16.5 Å². The van der Waals surface area contributed by atoms with Gasteiger partial charge in [0.2, 0.25) is 0 Å². The summed E-state index contributed by atoms with van der Waals surface area (Å²) >= 11 is 6.08. The van der Waals surface area contributed by atoms with Gasteiger partial charge in [-0.1, -0.05) is 41.9 Å². The van der Waals surface area contributed by atoms with Crippen LogP contribution in [0.2, 0.25) is 5.02 Å². The molecular formula is C22H19ClN4O2S. The van der Waals surface area contributed by atoms with Crippen molar-refractivity contribution in [1.82, 2.24) is 9.97 Å². The molecule has 3 aromatic carbocycles. The van der Waals surface area contributed by atoms with Gasteiger partial charge in [0.25, 0.3) is 10.0 Å². The highest BCUT2D eigenvalue weighted by atomic mass is 35.5. The highest BCUT2D eigenvalue weighted by molar-refractivity contribution is 7.92. The summed E-state index contributed by atoms with van der Waals surface area (Å²) < 4.78 is 28.9. The fourth-order valence-corrected chi connectivity index (χ4v) is 4.57. The predicted octanol–water partition coefficient (Wildman–Crippen LogP) is 5.44. The Morgan fingerprint density at radius 3 is 2.23 bits per heavy atom. The van der Waals surface area contributed by atoms with E-state index in [0.717, 1.165) is 5.56 Å². The summed E-state index contributed by atoms with van der Waals surface area (Å²) in [5, 5.41) is 3.67. The van der Waals surface area contributed by atoms with E-state index in [1.165, 1.54) is 0 Å². The van der Waals surface area contributed by atoms with Crippen LogP contribution in [0, 0.1) is 13.8 Å². The first-order valence-electron chi connectivity index (χ1n) is 9.21. The lowest BCUT2D eigenvalue weighted by Crippen LogP contribution is -2.17. The van der Waals surface area contributed by atoms with E-state index in [4.69, 9.17) is 11.6 Å². The van der Waals surface area contributed by atoms with Gasteiger partial charge in [-0.15, -0.1) is 0 Å². The van der Waals surface area contributed by atoms with Crippen LogP contribution in [0.4, 0.5) is 17.3 Å². The van der Waals surface area contributed by atoms with Crippen LogP contribution < -0.4 is 10.0 Å². The van der Waals surface area contributed by atoms with Gasteiger partial charge in [-0.2, -0.15) is 0 Å². The molecule has 0 aliphatic rings. The predicted molar refractivity (Wildman–Crippen MR) is 121 cm³/mol. The van der Waals surface area contributed by atoms with Gasteiger partial charge < -0.3 is 5.32 Å². The first-order chi connectivity index (χ1) is 14.3. The number of benzene rings is 3. The van der Waals surface area contributed by atoms with Crippen LogP contribution in [0.3, 0.4) is 0 Å². The number of fused-ring (bicyclic) bond motifs is 1. The maximum absolute atomic E-state index is 13.1. The van der Waals surface area contributed by atoms with Crippen molar-refractivity contribution in [3.8, 4) is 0 Å². The average molecular weight is 439 g/mol. The molecule has 4 aromatic rings. The summed E-state index contributed by atoms with van der Waals surface area (Å²) in [6, 6.07) is 19.6. The van der Waals surface area contributed by atoms with Crippen molar-refractivity contribution < 1.29 is 8.42 Å². The van der Waals surface area contributed by atoms with Crippen molar-refractivity contribution in [2.75, 3.05) is 10.0 Å². The van der Waals surface area contributed by atoms with Gasteiger partial charge in [0.1, 0.15) is 0 Å². The average Bonchev–Trinajstić information content (AvgIpc) is 2.70. The summed E-state index contributed by atoms with van der Waals surface area (Å²) in [7, 11) is -3.88. The minimum Gasteiger partial charge on any atom is -0.337 e. The quantitative estimate of drug-likeness (QED) is 0.433. The smallest absolute Gasteiger partial charge is 0.263 e. The molecule has 0 amide bonds. The molecule has 0 aliphatic carbocycles. The SMILES string of the molecule is Cc1ccc(C)c(S(=O)(=O)Nc2nc3ccccc3nc2Nc2cccc(Cl)c2)c1. The lowest BCUT2D eigenvalue weighted by Gasteiger charge is -2.15. The second-order valence-electron chi connectivity index (χ2n) is 6.92. The second-order valence-corrected chi connectivity index (χ2v) is 9.01. The highest BCUT2D eigenvalue weighted by Gasteiger charge is 2.21. The number of halogens is 1. The van der Waals surface area contributed by atoms with Crippen LogP contribution in [0.15, 0.2) is 71.6 Å². The van der Waals surface area contributed by atoms with E-state index in [2.05, 4.69) is 20.0 Å². The standard InChI is InChI=1S/C22H19ClN4O2S/c1-14-10-11-15(2)20(12-14)30(28,29)27-22-21(24-17-7-5-6-16(23)13-17)25-18-8-3-4-9-19(18)26-22/h3-13H,1-2H3,(H,24,25)(H,26,27). The molecule has 0 spiro atoms. The molecular weight excluding hydrogens is 420 g/mol. The zero-order valence-electron chi connectivity index (χ0n) is 16.3. The summed E-state index contributed by atoms with van der Waals surface area (Å²) in [5.74, 6) is 0.388. The first kappa shape index (κ1) is 20.1. The Balaban J connectivity index is 1.81. The lowest BCUT2D eigenvalue weighted by molar-refractivity contribution is 0.600. The summed E-state index contributed by atoms with van der Waals surface area (Å²) in [6.07, 6.45) is 0. The molecule has 0 fully saturated rings. The number of nitrogens with one attached hydrogen (secondary N) is 2. The number of rotatable bonds is 5. The largest absolute Gasteiger partial charge is 0.337 e. The molecule has 4 rings (SSSR count). The Kier molecular flexibility index (Phi) is 5.32. The molecule has 0 atom stereocenters.